The van der Waals surface area contributed by atoms with Gasteiger partial charge in [-0.2, -0.15) is 0 Å². The Morgan fingerprint density at radius 2 is 2.20 bits per heavy atom. The third kappa shape index (κ3) is 1.30. The molecule has 0 saturated carbocycles. The van der Waals surface area contributed by atoms with E-state index in [0.29, 0.717) is 0 Å². The van der Waals surface area contributed by atoms with Crippen LogP contribution >= 0.6 is 0 Å². The van der Waals surface area contributed by atoms with Gasteiger partial charge in [-0.3, -0.25) is 4.79 Å². The fourth-order valence-corrected chi connectivity index (χ4v) is 1.32. The second kappa shape index (κ2) is 3.06. The molecule has 1 heterocycles. The van der Waals surface area contributed by atoms with Gasteiger partial charge in [0.1, 0.15) is 5.82 Å². The topological polar surface area (TPSA) is 84.1 Å². The summed E-state index contributed by atoms with van der Waals surface area (Å²) in [5.74, 6) is -1.41. The van der Waals surface area contributed by atoms with Gasteiger partial charge in [-0.05, 0) is 18.2 Å². The van der Waals surface area contributed by atoms with Gasteiger partial charge in [0, 0.05) is 5.52 Å². The molecule has 2 rings (SSSR count). The minimum absolute atomic E-state index is 0.0256. The van der Waals surface area contributed by atoms with Crippen LogP contribution in [0.4, 0.5) is 10.1 Å². The predicted molar refractivity (Wildman–Crippen MR) is 48.7 cm³/mol. The quantitative estimate of drug-likeness (QED) is 0.656. The van der Waals surface area contributed by atoms with Gasteiger partial charge in [0.25, 0.3) is 5.43 Å². The average Bonchev–Trinajstić information content (AvgIpc) is 2.20. The maximum Gasteiger partial charge on any atom is 0.440 e. The Morgan fingerprint density at radius 1 is 1.47 bits per heavy atom. The largest absolute Gasteiger partial charge is 0.855 e. The zero-order valence-corrected chi connectivity index (χ0v) is 7.32. The van der Waals surface area contributed by atoms with Crippen molar-refractivity contribution in [2.24, 2.45) is 0 Å². The van der Waals surface area contributed by atoms with Crippen LogP contribution in [0.15, 0.2) is 23.0 Å². The summed E-state index contributed by atoms with van der Waals surface area (Å²) in [5, 5.41) is 19.6. The summed E-state index contributed by atoms with van der Waals surface area (Å²) in [6.45, 7) is 0. The number of halogens is 1. The van der Waals surface area contributed by atoms with Gasteiger partial charge < -0.3 is 10.1 Å². The fourth-order valence-electron chi connectivity index (χ4n) is 1.32. The molecule has 0 radical (unpaired) electrons. The summed E-state index contributed by atoms with van der Waals surface area (Å²) in [6, 6.07) is 3.37. The van der Waals surface area contributed by atoms with E-state index in [1.54, 1.807) is 0 Å². The number of nitrogens with one attached hydrogen (secondary N) is 1. The van der Waals surface area contributed by atoms with E-state index < -0.39 is 22.8 Å². The molecule has 74 valence electrons. The lowest BCUT2D eigenvalue weighted by Crippen LogP contribution is -2.07. The van der Waals surface area contributed by atoms with Crippen molar-refractivity contribution in [1.29, 1.82) is 5.39 Å². The van der Waals surface area contributed by atoms with Crippen LogP contribution < -0.4 is 10.5 Å². The van der Waals surface area contributed by atoms with Gasteiger partial charge in [-0.1, -0.05) is 0 Å². The molecule has 6 heteroatoms. The van der Waals surface area contributed by atoms with Crippen LogP contribution in [-0.4, -0.2) is 4.98 Å². The van der Waals surface area contributed by atoms with Gasteiger partial charge >= 0.3 is 5.69 Å². The van der Waals surface area contributed by atoms with E-state index in [-0.39, 0.29) is 10.9 Å². The molecule has 0 spiro atoms. The number of aromatic nitrogens is 1. The number of diazo groups is 1. The number of hydrogen-bond acceptors (Lipinski definition) is 3. The van der Waals surface area contributed by atoms with Crippen LogP contribution in [0.25, 0.3) is 15.9 Å². The number of nitrogens with zero attached hydrogens (tertiary/aromatic N) is 2. The molecule has 0 aliphatic carbocycles. The summed E-state index contributed by atoms with van der Waals surface area (Å²) >= 11 is 0. The molecule has 0 aliphatic heterocycles. The first kappa shape index (κ1) is 9.15. The first-order valence-electron chi connectivity index (χ1n) is 4.01. The van der Waals surface area contributed by atoms with E-state index >= 15 is 0 Å². The van der Waals surface area contributed by atoms with Crippen molar-refractivity contribution >= 4 is 16.6 Å². The first-order chi connectivity index (χ1) is 7.13. The monoisotopic (exact) mass is 205 g/mol. The molecule has 0 unspecified atom stereocenters. The lowest BCUT2D eigenvalue weighted by molar-refractivity contribution is -0.273. The van der Waals surface area contributed by atoms with E-state index in [0.717, 1.165) is 12.1 Å². The van der Waals surface area contributed by atoms with Crippen molar-refractivity contribution in [1.82, 2.24) is 4.98 Å². The SMILES string of the molecule is N#[N+]c1c([O-])[nH]c2ccc(F)cc2c1=O. The molecule has 1 N–H and O–H groups in total. The zero-order chi connectivity index (χ0) is 11.0. The standard InChI is InChI=1S/C9H4FN3O2/c10-4-1-2-6-5(3-4)8(14)7(13-11)9(15)12-6/h1-3H,(H-,12,14,15). The van der Waals surface area contributed by atoms with E-state index in [9.17, 15) is 14.3 Å². The molecular formula is C9H4FN3O2. The van der Waals surface area contributed by atoms with Crippen LogP contribution in [0.5, 0.6) is 5.88 Å². The van der Waals surface area contributed by atoms with Crippen molar-refractivity contribution in [3.8, 4) is 5.88 Å². The Balaban J connectivity index is 3.01. The predicted octanol–water partition coefficient (Wildman–Crippen LogP) is 1.23. The molecule has 15 heavy (non-hydrogen) atoms. The van der Waals surface area contributed by atoms with Gasteiger partial charge in [0.2, 0.25) is 5.39 Å². The maximum absolute atomic E-state index is 12.8. The second-order valence-electron chi connectivity index (χ2n) is 2.92. The molecule has 5 nitrogen and oxygen atoms in total. The van der Waals surface area contributed by atoms with Crippen molar-refractivity contribution in [2.75, 3.05) is 0 Å². The minimum atomic E-state index is -0.804. The van der Waals surface area contributed by atoms with Crippen molar-refractivity contribution in [2.45, 2.75) is 0 Å². The van der Waals surface area contributed by atoms with Gasteiger partial charge in [-0.15, -0.1) is 0 Å². The molecule has 0 aliphatic rings. The van der Waals surface area contributed by atoms with E-state index in [4.69, 9.17) is 5.39 Å². The molecule has 1 aromatic heterocycles. The zero-order valence-electron chi connectivity index (χ0n) is 7.32. The van der Waals surface area contributed by atoms with Crippen LogP contribution in [0.2, 0.25) is 0 Å². The maximum atomic E-state index is 12.8. The summed E-state index contributed by atoms with van der Waals surface area (Å²) < 4.78 is 12.8. The molecular weight excluding hydrogens is 201 g/mol. The Hall–Kier alpha value is -2.42. The number of aromatic amines is 1. The number of H-pyrrole nitrogens is 1. The van der Waals surface area contributed by atoms with Crippen LogP contribution in [0, 0.1) is 11.2 Å². The third-order valence-corrected chi connectivity index (χ3v) is 2.00. The Kier molecular flexibility index (Phi) is 1.87. The second-order valence-corrected chi connectivity index (χ2v) is 2.92. The normalized spacial score (nSPS) is 10.1. The minimum Gasteiger partial charge on any atom is -0.855 e. The lowest BCUT2D eigenvalue weighted by atomic mass is 10.2. The lowest BCUT2D eigenvalue weighted by Gasteiger charge is -2.03. The van der Waals surface area contributed by atoms with Crippen molar-refractivity contribution in [3.63, 3.8) is 0 Å². The van der Waals surface area contributed by atoms with Gasteiger partial charge in [0.05, 0.1) is 11.3 Å². The molecule has 0 atom stereocenters. The van der Waals surface area contributed by atoms with Crippen molar-refractivity contribution < 1.29 is 9.50 Å². The molecule has 0 amide bonds. The van der Waals surface area contributed by atoms with Crippen molar-refractivity contribution in [3.05, 3.63) is 39.2 Å². The Morgan fingerprint density at radius 3 is 2.87 bits per heavy atom. The average molecular weight is 205 g/mol. The van der Waals surface area contributed by atoms with Gasteiger partial charge in [-0.25, -0.2) is 4.39 Å². The summed E-state index contributed by atoms with van der Waals surface area (Å²) in [7, 11) is 0. The van der Waals surface area contributed by atoms with Crippen LogP contribution in [0.3, 0.4) is 0 Å². The highest BCUT2D eigenvalue weighted by atomic mass is 19.1. The highest BCUT2D eigenvalue weighted by Crippen LogP contribution is 2.20. The molecule has 2 aromatic rings. The summed E-state index contributed by atoms with van der Waals surface area (Å²) in [6.07, 6.45) is 0. The number of fused-ring (bicyclic) bond motifs is 1. The number of rotatable bonds is 0. The van der Waals surface area contributed by atoms with Crippen LogP contribution in [0.1, 0.15) is 0 Å². The molecule has 0 fully saturated rings. The Labute approximate surface area is 82.4 Å². The fraction of sp³-hybridized carbons (Fsp3) is 0. The molecule has 1 aromatic carbocycles. The molecule has 0 saturated heterocycles. The number of pyridine rings is 1. The number of hydrogen-bond donors (Lipinski definition) is 1. The summed E-state index contributed by atoms with van der Waals surface area (Å²) in [5.41, 5.74) is -1.23. The van der Waals surface area contributed by atoms with E-state index in [1.807, 2.05) is 0 Å². The van der Waals surface area contributed by atoms with Crippen LogP contribution in [-0.2, 0) is 0 Å². The summed E-state index contributed by atoms with van der Waals surface area (Å²) in [4.78, 5) is 16.4. The highest BCUT2D eigenvalue weighted by molar-refractivity contribution is 5.83. The molecule has 0 bridgehead atoms. The third-order valence-electron chi connectivity index (χ3n) is 2.00. The van der Waals surface area contributed by atoms with Gasteiger partial charge in [0.15, 0.2) is 4.98 Å². The highest BCUT2D eigenvalue weighted by Gasteiger charge is 2.16. The van der Waals surface area contributed by atoms with E-state index in [2.05, 4.69) is 9.96 Å². The first-order valence-corrected chi connectivity index (χ1v) is 4.01. The Bertz CT molecular complexity index is 642. The smallest absolute Gasteiger partial charge is 0.440 e. The number of benzene rings is 1. The van der Waals surface area contributed by atoms with E-state index in [1.165, 1.54) is 6.07 Å².